The zero-order chi connectivity index (χ0) is 20.1. The molecule has 3 aliphatic rings. The van der Waals surface area contributed by atoms with Gasteiger partial charge in [0.15, 0.2) is 0 Å². The second-order valence-electron chi connectivity index (χ2n) is 8.16. The van der Waals surface area contributed by atoms with Gasteiger partial charge in [-0.3, -0.25) is 9.69 Å². The van der Waals surface area contributed by atoms with Crippen molar-refractivity contribution >= 4 is 17.6 Å². The number of allylic oxidation sites excluding steroid dienone is 1. The van der Waals surface area contributed by atoms with Crippen LogP contribution in [-0.4, -0.2) is 49.6 Å². The summed E-state index contributed by atoms with van der Waals surface area (Å²) in [6, 6.07) is 7.68. The maximum atomic E-state index is 13.0. The highest BCUT2D eigenvalue weighted by atomic mass is 16.5. The molecule has 0 aromatic heterocycles. The summed E-state index contributed by atoms with van der Waals surface area (Å²) >= 11 is 0. The van der Waals surface area contributed by atoms with Crippen LogP contribution in [-0.2, 0) is 4.79 Å². The van der Waals surface area contributed by atoms with Crippen LogP contribution in [0.4, 0.5) is 10.5 Å². The van der Waals surface area contributed by atoms with Gasteiger partial charge in [0.05, 0.1) is 12.2 Å². The van der Waals surface area contributed by atoms with Gasteiger partial charge in [-0.1, -0.05) is 23.8 Å². The van der Waals surface area contributed by atoms with Gasteiger partial charge in [-0.25, -0.2) is 4.79 Å². The van der Waals surface area contributed by atoms with Crippen molar-refractivity contribution in [3.05, 3.63) is 35.9 Å². The first-order valence-electron chi connectivity index (χ1n) is 11.0. The molecular formula is C23H31N3O3. The maximum absolute atomic E-state index is 13.0. The van der Waals surface area contributed by atoms with Gasteiger partial charge < -0.3 is 15.0 Å². The molecule has 29 heavy (non-hydrogen) atoms. The average Bonchev–Trinajstić information content (AvgIpc) is 2.79. The summed E-state index contributed by atoms with van der Waals surface area (Å²) in [6.07, 6.45) is 9.70. The number of carbonyl (C=O) groups is 2. The Balaban J connectivity index is 1.24. The molecule has 0 spiro atoms. The number of carbonyl (C=O) groups excluding carboxylic acids is 2. The predicted octanol–water partition coefficient (Wildman–Crippen LogP) is 3.72. The molecule has 0 saturated carbocycles. The standard InChI is InChI=1S/C23H31N3O3/c27-22(24-13-10-18-6-2-1-3-7-18)19-11-14-25(15-12-19)23(28)26-16-17-29-21-9-5-4-8-20(21)26/h4-6,8-9,19H,1-3,7,10-17H2,(H,24,27). The first-order chi connectivity index (χ1) is 14.2. The number of nitrogens with one attached hydrogen (secondary N) is 1. The molecule has 6 nitrogen and oxygen atoms in total. The first kappa shape index (κ1) is 19.8. The van der Waals surface area contributed by atoms with Crippen molar-refractivity contribution in [2.45, 2.75) is 44.9 Å². The summed E-state index contributed by atoms with van der Waals surface area (Å²) in [6.45, 7) is 3.06. The molecule has 1 aromatic carbocycles. The highest BCUT2D eigenvalue weighted by Crippen LogP contribution is 2.32. The quantitative estimate of drug-likeness (QED) is 0.788. The van der Waals surface area contributed by atoms with Gasteiger partial charge in [0, 0.05) is 25.6 Å². The van der Waals surface area contributed by atoms with Gasteiger partial charge >= 0.3 is 6.03 Å². The lowest BCUT2D eigenvalue weighted by Gasteiger charge is -2.37. The van der Waals surface area contributed by atoms with Crippen LogP contribution in [0.15, 0.2) is 35.9 Å². The first-order valence-corrected chi connectivity index (χ1v) is 11.0. The predicted molar refractivity (Wildman–Crippen MR) is 113 cm³/mol. The van der Waals surface area contributed by atoms with Crippen LogP contribution in [0, 0.1) is 5.92 Å². The monoisotopic (exact) mass is 397 g/mol. The van der Waals surface area contributed by atoms with E-state index in [-0.39, 0.29) is 17.9 Å². The second-order valence-corrected chi connectivity index (χ2v) is 8.16. The Morgan fingerprint density at radius 1 is 1.10 bits per heavy atom. The van der Waals surface area contributed by atoms with Crippen LogP contribution in [0.25, 0.3) is 0 Å². The fourth-order valence-electron chi connectivity index (χ4n) is 4.49. The van der Waals surface area contributed by atoms with Crippen LogP contribution in [0.3, 0.4) is 0 Å². The topological polar surface area (TPSA) is 61.9 Å². The molecule has 4 rings (SSSR count). The minimum Gasteiger partial charge on any atom is -0.490 e. The lowest BCUT2D eigenvalue weighted by Crippen LogP contribution is -2.50. The molecule has 1 fully saturated rings. The molecule has 3 amide bonds. The lowest BCUT2D eigenvalue weighted by atomic mass is 9.95. The largest absolute Gasteiger partial charge is 0.490 e. The molecule has 2 heterocycles. The third-order valence-electron chi connectivity index (χ3n) is 6.23. The Kier molecular flexibility index (Phi) is 6.37. The van der Waals surface area contributed by atoms with Crippen molar-refractivity contribution in [2.24, 2.45) is 5.92 Å². The van der Waals surface area contributed by atoms with E-state index in [4.69, 9.17) is 4.74 Å². The number of nitrogens with zero attached hydrogens (tertiary/aromatic N) is 2. The maximum Gasteiger partial charge on any atom is 0.324 e. The average molecular weight is 398 g/mol. The van der Waals surface area contributed by atoms with Crippen molar-refractivity contribution in [1.29, 1.82) is 0 Å². The number of hydrogen-bond donors (Lipinski definition) is 1. The normalized spacial score (nSPS) is 19.8. The Labute approximate surface area is 172 Å². The van der Waals surface area contributed by atoms with E-state index in [1.165, 1.54) is 31.3 Å². The SMILES string of the molecule is O=C(NCCC1=CCCCC1)C1CCN(C(=O)N2CCOc3ccccc32)CC1. The van der Waals surface area contributed by atoms with Crippen molar-refractivity contribution in [3.8, 4) is 5.75 Å². The van der Waals surface area contributed by atoms with E-state index in [9.17, 15) is 9.59 Å². The van der Waals surface area contributed by atoms with E-state index in [0.29, 0.717) is 26.2 Å². The Bertz CT molecular complexity index is 768. The number of rotatable bonds is 4. The van der Waals surface area contributed by atoms with E-state index >= 15 is 0 Å². The molecule has 0 unspecified atom stereocenters. The summed E-state index contributed by atoms with van der Waals surface area (Å²) < 4.78 is 5.65. The Morgan fingerprint density at radius 2 is 1.93 bits per heavy atom. The van der Waals surface area contributed by atoms with Gasteiger partial charge in [0.1, 0.15) is 12.4 Å². The Morgan fingerprint density at radius 3 is 2.72 bits per heavy atom. The van der Waals surface area contributed by atoms with Crippen LogP contribution in [0.5, 0.6) is 5.75 Å². The summed E-state index contributed by atoms with van der Waals surface area (Å²) in [4.78, 5) is 29.2. The van der Waals surface area contributed by atoms with Crippen LogP contribution in [0.2, 0.25) is 0 Å². The van der Waals surface area contributed by atoms with E-state index in [2.05, 4.69) is 11.4 Å². The smallest absolute Gasteiger partial charge is 0.324 e. The Hall–Kier alpha value is -2.50. The van der Waals surface area contributed by atoms with Crippen LogP contribution >= 0.6 is 0 Å². The van der Waals surface area contributed by atoms with Crippen molar-refractivity contribution in [2.75, 3.05) is 37.7 Å². The minimum absolute atomic E-state index is 0.0105. The lowest BCUT2D eigenvalue weighted by molar-refractivity contribution is -0.126. The zero-order valence-electron chi connectivity index (χ0n) is 17.1. The third kappa shape index (κ3) is 4.74. The third-order valence-corrected chi connectivity index (χ3v) is 6.23. The van der Waals surface area contributed by atoms with Crippen LogP contribution < -0.4 is 15.0 Å². The number of ether oxygens (including phenoxy) is 1. The molecule has 1 saturated heterocycles. The number of para-hydroxylation sites is 2. The van der Waals surface area contributed by atoms with Gasteiger partial charge in [-0.05, 0) is 57.1 Å². The van der Waals surface area contributed by atoms with E-state index < -0.39 is 0 Å². The van der Waals surface area contributed by atoms with E-state index in [0.717, 1.165) is 37.2 Å². The number of amides is 3. The molecule has 2 aliphatic heterocycles. The molecule has 6 heteroatoms. The van der Waals surface area contributed by atoms with Crippen molar-refractivity contribution < 1.29 is 14.3 Å². The fraction of sp³-hybridized carbons (Fsp3) is 0.565. The highest BCUT2D eigenvalue weighted by Gasteiger charge is 2.32. The molecule has 1 aromatic rings. The molecule has 0 atom stereocenters. The molecule has 0 bridgehead atoms. The molecule has 0 radical (unpaired) electrons. The van der Waals surface area contributed by atoms with Crippen molar-refractivity contribution in [3.63, 3.8) is 0 Å². The summed E-state index contributed by atoms with van der Waals surface area (Å²) in [5.74, 6) is 0.913. The van der Waals surface area contributed by atoms with Gasteiger partial charge in [0.2, 0.25) is 5.91 Å². The van der Waals surface area contributed by atoms with Crippen LogP contribution in [0.1, 0.15) is 44.9 Å². The number of anilines is 1. The number of urea groups is 1. The zero-order valence-corrected chi connectivity index (χ0v) is 17.1. The van der Waals surface area contributed by atoms with E-state index in [1.807, 2.05) is 29.2 Å². The van der Waals surface area contributed by atoms with Gasteiger partial charge in [-0.2, -0.15) is 0 Å². The fourth-order valence-corrected chi connectivity index (χ4v) is 4.49. The van der Waals surface area contributed by atoms with Crippen molar-refractivity contribution in [1.82, 2.24) is 10.2 Å². The van der Waals surface area contributed by atoms with Gasteiger partial charge in [0.25, 0.3) is 0 Å². The highest BCUT2D eigenvalue weighted by molar-refractivity contribution is 5.94. The van der Waals surface area contributed by atoms with Gasteiger partial charge in [-0.15, -0.1) is 0 Å². The summed E-state index contributed by atoms with van der Waals surface area (Å²) in [7, 11) is 0. The number of benzene rings is 1. The molecule has 1 aliphatic carbocycles. The molecular weight excluding hydrogens is 366 g/mol. The number of hydrogen-bond acceptors (Lipinski definition) is 3. The van der Waals surface area contributed by atoms with E-state index in [1.54, 1.807) is 4.90 Å². The number of fused-ring (bicyclic) bond motifs is 1. The molecule has 1 N–H and O–H groups in total. The molecule has 156 valence electrons. The minimum atomic E-state index is 0.0105. The second kappa shape index (κ2) is 9.33. The number of piperidine rings is 1. The summed E-state index contributed by atoms with van der Waals surface area (Å²) in [5.41, 5.74) is 2.32. The summed E-state index contributed by atoms with van der Waals surface area (Å²) in [5, 5.41) is 3.11. The number of likely N-dealkylation sites (tertiary alicyclic amines) is 1.